The average Bonchev–Trinajstić information content (AvgIpc) is 3.28. The molecule has 2 bridgehead atoms. The van der Waals surface area contributed by atoms with Crippen LogP contribution in [-0.4, -0.2) is 63.8 Å². The SMILES string of the molecule is CC(C)C[C@H](NC(=O)[C@@H](NC(=O)c1cnc(-c2ccccc2)cn1)[C@@H](C)O)B1O[C@@H]2C[C@@H]3C[C@@H](C3(C)C)[C@]2(C)O1. The molecule has 2 heterocycles. The van der Waals surface area contributed by atoms with Gasteiger partial charge in [-0.25, -0.2) is 4.98 Å². The monoisotopic (exact) mass is 548 g/mol. The number of aromatic nitrogens is 2. The van der Waals surface area contributed by atoms with Crippen LogP contribution in [0.15, 0.2) is 42.7 Å². The third kappa shape index (κ3) is 5.29. The van der Waals surface area contributed by atoms with Crippen molar-refractivity contribution < 1.29 is 24.0 Å². The van der Waals surface area contributed by atoms with Crippen LogP contribution in [0.1, 0.15) is 71.3 Å². The van der Waals surface area contributed by atoms with Crippen LogP contribution in [0.3, 0.4) is 0 Å². The molecular formula is C30H41BN4O5. The van der Waals surface area contributed by atoms with Crippen molar-refractivity contribution in [2.24, 2.45) is 23.2 Å². The summed E-state index contributed by atoms with van der Waals surface area (Å²) in [5.41, 5.74) is 1.38. The molecule has 214 valence electrons. The molecule has 4 aliphatic rings. The summed E-state index contributed by atoms with van der Waals surface area (Å²) in [4.78, 5) is 35.0. The number of carbonyl (C=O) groups excluding carboxylic acids is 2. The second kappa shape index (κ2) is 10.9. The summed E-state index contributed by atoms with van der Waals surface area (Å²) >= 11 is 0. The van der Waals surface area contributed by atoms with E-state index in [2.05, 4.69) is 55.2 Å². The predicted octanol–water partition coefficient (Wildman–Crippen LogP) is 3.42. The summed E-state index contributed by atoms with van der Waals surface area (Å²) in [5.74, 6) is -0.240. The fourth-order valence-electron chi connectivity index (χ4n) is 6.91. The molecule has 2 aromatic rings. The number of nitrogens with zero attached hydrogens (tertiary/aromatic N) is 2. The van der Waals surface area contributed by atoms with Crippen molar-refractivity contribution in [3.05, 3.63) is 48.4 Å². The van der Waals surface area contributed by atoms with Crippen LogP contribution >= 0.6 is 0 Å². The van der Waals surface area contributed by atoms with Crippen molar-refractivity contribution in [2.45, 2.75) is 90.6 Å². The number of nitrogens with one attached hydrogen (secondary N) is 2. The zero-order valence-corrected chi connectivity index (χ0v) is 24.3. The third-order valence-corrected chi connectivity index (χ3v) is 9.36. The summed E-state index contributed by atoms with van der Waals surface area (Å²) < 4.78 is 13.1. The van der Waals surface area contributed by atoms with E-state index < -0.39 is 42.6 Å². The quantitative estimate of drug-likeness (QED) is 0.411. The van der Waals surface area contributed by atoms with Gasteiger partial charge in [0.25, 0.3) is 5.91 Å². The number of rotatable bonds is 9. The molecule has 1 saturated heterocycles. The average molecular weight is 548 g/mol. The normalized spacial score (nSPS) is 28.7. The maximum absolute atomic E-state index is 13.5. The molecule has 3 N–H and O–H groups in total. The highest BCUT2D eigenvalue weighted by Crippen LogP contribution is 2.65. The Bertz CT molecular complexity index is 1220. The van der Waals surface area contributed by atoms with Crippen LogP contribution in [-0.2, 0) is 14.1 Å². The lowest BCUT2D eigenvalue weighted by Crippen LogP contribution is -2.65. The van der Waals surface area contributed by atoms with Crippen LogP contribution in [0, 0.1) is 23.2 Å². The number of carbonyl (C=O) groups is 2. The molecule has 3 aliphatic carbocycles. The van der Waals surface area contributed by atoms with E-state index in [4.69, 9.17) is 9.31 Å². The molecule has 7 atom stereocenters. The molecule has 6 rings (SSSR count). The Morgan fingerprint density at radius 3 is 2.40 bits per heavy atom. The van der Waals surface area contributed by atoms with Gasteiger partial charge in [0.15, 0.2) is 0 Å². The first-order valence-electron chi connectivity index (χ1n) is 14.4. The topological polar surface area (TPSA) is 123 Å². The lowest BCUT2D eigenvalue weighted by Gasteiger charge is -2.64. The Morgan fingerprint density at radius 2 is 1.80 bits per heavy atom. The molecule has 1 aliphatic heterocycles. The summed E-state index contributed by atoms with van der Waals surface area (Å²) in [6.45, 7) is 12.4. The van der Waals surface area contributed by atoms with E-state index in [1.54, 1.807) is 0 Å². The maximum atomic E-state index is 13.5. The van der Waals surface area contributed by atoms with E-state index in [1.165, 1.54) is 19.3 Å². The van der Waals surface area contributed by atoms with Crippen molar-refractivity contribution in [1.29, 1.82) is 0 Å². The minimum absolute atomic E-state index is 0.00876. The molecule has 10 heteroatoms. The standard InChI is InChI=1S/C30H41BN4O5/c1-17(2)12-25(31-39-24-14-20-13-23(29(20,4)5)30(24,6)40-31)34-28(38)26(18(3)36)35-27(37)22-16-32-21(15-33-22)19-10-8-7-9-11-19/h7-11,15-18,20,23-26,36H,12-14H2,1-6H3,(H,34,38)(H,35,37)/t18-,20+,23+,24-,25+,26+,30+/m1/s1. The second-order valence-electron chi connectivity index (χ2n) is 12.9. The molecule has 1 aromatic heterocycles. The molecule has 2 amide bonds. The number of aliphatic hydroxyl groups excluding tert-OH is 1. The molecule has 0 unspecified atom stereocenters. The van der Waals surface area contributed by atoms with Crippen LogP contribution in [0.25, 0.3) is 11.3 Å². The van der Waals surface area contributed by atoms with E-state index in [0.29, 0.717) is 24.0 Å². The van der Waals surface area contributed by atoms with Crippen molar-refractivity contribution in [3.8, 4) is 11.3 Å². The molecule has 40 heavy (non-hydrogen) atoms. The zero-order valence-electron chi connectivity index (χ0n) is 24.3. The van der Waals surface area contributed by atoms with Crippen molar-refractivity contribution in [2.75, 3.05) is 0 Å². The summed E-state index contributed by atoms with van der Waals surface area (Å²) in [5, 5.41) is 16.1. The van der Waals surface area contributed by atoms with Gasteiger partial charge in [0.05, 0.1) is 41.8 Å². The lowest BCUT2D eigenvalue weighted by molar-refractivity contribution is -0.199. The molecule has 0 radical (unpaired) electrons. The first-order valence-corrected chi connectivity index (χ1v) is 14.4. The largest absolute Gasteiger partial charge is 0.481 e. The highest BCUT2D eigenvalue weighted by molar-refractivity contribution is 6.48. The van der Waals surface area contributed by atoms with Gasteiger partial charge in [-0.15, -0.1) is 0 Å². The number of hydrogen-bond acceptors (Lipinski definition) is 7. The van der Waals surface area contributed by atoms with Gasteiger partial charge in [0, 0.05) is 5.56 Å². The molecule has 4 fully saturated rings. The summed E-state index contributed by atoms with van der Waals surface area (Å²) in [6.07, 6.45) is 4.46. The number of aliphatic hydroxyl groups is 1. The fraction of sp³-hybridized carbons (Fsp3) is 0.600. The van der Waals surface area contributed by atoms with Gasteiger partial charge in [-0.2, -0.15) is 0 Å². The minimum Gasteiger partial charge on any atom is -0.404 e. The third-order valence-electron chi connectivity index (χ3n) is 9.36. The van der Waals surface area contributed by atoms with Gasteiger partial charge in [-0.05, 0) is 56.3 Å². The number of amides is 2. The number of benzene rings is 1. The van der Waals surface area contributed by atoms with Crippen molar-refractivity contribution in [3.63, 3.8) is 0 Å². The van der Waals surface area contributed by atoms with E-state index in [0.717, 1.165) is 18.4 Å². The van der Waals surface area contributed by atoms with Gasteiger partial charge in [-0.3, -0.25) is 14.6 Å². The summed E-state index contributed by atoms with van der Waals surface area (Å²) in [6, 6.07) is 8.32. The Labute approximate surface area is 237 Å². The molecular weight excluding hydrogens is 507 g/mol. The van der Waals surface area contributed by atoms with Crippen LogP contribution in [0.2, 0.25) is 0 Å². The number of hydrogen-bond donors (Lipinski definition) is 3. The highest BCUT2D eigenvalue weighted by atomic mass is 16.7. The second-order valence-corrected chi connectivity index (χ2v) is 12.9. The molecule has 9 nitrogen and oxygen atoms in total. The van der Waals surface area contributed by atoms with Gasteiger partial charge < -0.3 is 25.0 Å². The first-order chi connectivity index (χ1) is 18.9. The molecule has 3 saturated carbocycles. The lowest BCUT2D eigenvalue weighted by atomic mass is 9.43. The van der Waals surface area contributed by atoms with E-state index >= 15 is 0 Å². The predicted molar refractivity (Wildman–Crippen MR) is 152 cm³/mol. The summed E-state index contributed by atoms with van der Waals surface area (Å²) in [7, 11) is -0.599. The maximum Gasteiger partial charge on any atom is 0.481 e. The van der Waals surface area contributed by atoms with Gasteiger partial charge in [-0.1, -0.05) is 58.0 Å². The Balaban J connectivity index is 1.27. The molecule has 0 spiro atoms. The van der Waals surface area contributed by atoms with E-state index in [-0.39, 0.29) is 23.1 Å². The van der Waals surface area contributed by atoms with E-state index in [1.807, 2.05) is 30.3 Å². The Hall–Kier alpha value is -2.82. The van der Waals surface area contributed by atoms with Gasteiger partial charge >= 0.3 is 7.12 Å². The zero-order chi connectivity index (χ0) is 28.8. The highest BCUT2D eigenvalue weighted by Gasteiger charge is 2.68. The van der Waals surface area contributed by atoms with Crippen molar-refractivity contribution in [1.82, 2.24) is 20.6 Å². The minimum atomic E-state index is -1.19. The molecule has 1 aromatic carbocycles. The van der Waals surface area contributed by atoms with Crippen LogP contribution in [0.4, 0.5) is 0 Å². The van der Waals surface area contributed by atoms with Gasteiger partial charge in [0.1, 0.15) is 11.7 Å². The Morgan fingerprint density at radius 1 is 1.07 bits per heavy atom. The Kier molecular flexibility index (Phi) is 7.80. The van der Waals surface area contributed by atoms with E-state index in [9.17, 15) is 14.7 Å². The van der Waals surface area contributed by atoms with Crippen LogP contribution in [0.5, 0.6) is 0 Å². The van der Waals surface area contributed by atoms with Gasteiger partial charge in [0.2, 0.25) is 5.91 Å². The van der Waals surface area contributed by atoms with Crippen molar-refractivity contribution >= 4 is 18.9 Å². The first kappa shape index (κ1) is 28.7. The van der Waals surface area contributed by atoms with Crippen LogP contribution < -0.4 is 10.6 Å². The smallest absolute Gasteiger partial charge is 0.404 e. The fourth-order valence-corrected chi connectivity index (χ4v) is 6.91.